The molecule has 27 heavy (non-hydrogen) atoms. The number of rotatable bonds is 7. The zero-order valence-electron chi connectivity index (χ0n) is 14.8. The Morgan fingerprint density at radius 3 is 2.48 bits per heavy atom. The number of nitrogens with zero attached hydrogens (tertiary/aromatic N) is 4. The lowest BCUT2D eigenvalue weighted by Crippen LogP contribution is -2.24. The number of benzene rings is 1. The first kappa shape index (κ1) is 20.5. The van der Waals surface area contributed by atoms with Crippen molar-refractivity contribution >= 4 is 63.5 Å². The summed E-state index contributed by atoms with van der Waals surface area (Å²) in [6.07, 6.45) is 0.898. The number of aryl methyl sites for hydroxylation is 1. The molecule has 0 amide bonds. The first-order valence-corrected chi connectivity index (χ1v) is 10.3. The van der Waals surface area contributed by atoms with Crippen molar-refractivity contribution in [3.63, 3.8) is 0 Å². The van der Waals surface area contributed by atoms with E-state index >= 15 is 0 Å². The van der Waals surface area contributed by atoms with Crippen LogP contribution in [0.25, 0.3) is 11.2 Å². The Morgan fingerprint density at radius 2 is 1.81 bits per heavy atom. The third kappa shape index (κ3) is 5.18. The lowest BCUT2D eigenvalue weighted by molar-refractivity contribution is 0.525. The molecule has 0 aliphatic carbocycles. The van der Waals surface area contributed by atoms with Crippen molar-refractivity contribution in [2.75, 3.05) is 12.3 Å². The smallest absolute Gasteiger partial charge is 0.226 e. The van der Waals surface area contributed by atoms with Crippen LogP contribution in [0.5, 0.6) is 0 Å². The number of hydrogen-bond donors (Lipinski definition) is 2. The largest absolute Gasteiger partial charge is 0.382 e. The number of fused-ring (bicyclic) bond motifs is 1. The molecule has 2 heterocycles. The van der Waals surface area contributed by atoms with E-state index in [9.17, 15) is 0 Å². The fourth-order valence-electron chi connectivity index (χ4n) is 2.57. The van der Waals surface area contributed by atoms with Gasteiger partial charge >= 0.3 is 0 Å². The van der Waals surface area contributed by atoms with Crippen molar-refractivity contribution < 1.29 is 0 Å². The fraction of sp³-hybridized carbons (Fsp3) is 0.353. The van der Waals surface area contributed by atoms with E-state index in [1.54, 1.807) is 6.07 Å². The van der Waals surface area contributed by atoms with Crippen molar-refractivity contribution in [3.8, 4) is 0 Å². The van der Waals surface area contributed by atoms with E-state index in [-0.39, 0.29) is 11.1 Å². The van der Waals surface area contributed by atoms with Crippen LogP contribution in [-0.4, -0.2) is 32.1 Å². The zero-order chi connectivity index (χ0) is 19.6. The van der Waals surface area contributed by atoms with E-state index in [4.69, 9.17) is 40.5 Å². The molecule has 3 aromatic rings. The van der Waals surface area contributed by atoms with E-state index in [2.05, 4.69) is 34.1 Å². The topological polar surface area (TPSA) is 81.7 Å². The van der Waals surface area contributed by atoms with Gasteiger partial charge in [0.15, 0.2) is 22.1 Å². The van der Waals surface area contributed by atoms with Crippen molar-refractivity contribution in [3.05, 3.63) is 33.5 Å². The Bertz CT molecular complexity index is 939. The van der Waals surface area contributed by atoms with Crippen molar-refractivity contribution in [2.24, 2.45) is 0 Å². The van der Waals surface area contributed by atoms with Gasteiger partial charge in [0.1, 0.15) is 0 Å². The normalized spacial score (nSPS) is 11.6. The minimum absolute atomic E-state index is 0.101. The minimum atomic E-state index is 0.101. The van der Waals surface area contributed by atoms with Gasteiger partial charge in [-0.05, 0) is 42.8 Å². The van der Waals surface area contributed by atoms with Gasteiger partial charge in [0.25, 0.3) is 0 Å². The van der Waals surface area contributed by atoms with E-state index in [1.165, 1.54) is 11.8 Å². The van der Waals surface area contributed by atoms with Gasteiger partial charge in [-0.15, -0.1) is 0 Å². The monoisotopic (exact) mass is 444 g/mol. The Labute approximate surface area is 176 Å². The van der Waals surface area contributed by atoms with Gasteiger partial charge in [0, 0.05) is 27.5 Å². The van der Waals surface area contributed by atoms with Crippen molar-refractivity contribution in [1.82, 2.24) is 24.8 Å². The maximum atomic E-state index is 6.12. The summed E-state index contributed by atoms with van der Waals surface area (Å²) in [5.41, 5.74) is 7.15. The molecule has 0 radical (unpaired) electrons. The molecular formula is C17H19Cl3N6S. The standard InChI is InChI=1S/C17H19Cl3N6S/c1-9(2)22-4-3-5-26-15-13(14(21)24-16(20)25-15)23-17(26)27-12-7-10(18)6-11(19)8-12/h6-9,22H,3-5H2,1-2H3,(H2,21,24,25). The molecule has 0 bridgehead atoms. The first-order valence-electron chi connectivity index (χ1n) is 8.40. The lowest BCUT2D eigenvalue weighted by Gasteiger charge is -2.11. The zero-order valence-corrected chi connectivity index (χ0v) is 17.9. The fourth-order valence-corrected chi connectivity index (χ4v) is 4.41. The number of halogens is 3. The highest BCUT2D eigenvalue weighted by atomic mass is 35.5. The average molecular weight is 446 g/mol. The highest BCUT2D eigenvalue weighted by molar-refractivity contribution is 7.99. The number of imidazole rings is 1. The predicted octanol–water partition coefficient (Wildman–Crippen LogP) is 4.91. The van der Waals surface area contributed by atoms with Crippen LogP contribution < -0.4 is 11.1 Å². The molecule has 10 heteroatoms. The summed E-state index contributed by atoms with van der Waals surface area (Å²) >= 11 is 19.7. The second-order valence-electron chi connectivity index (χ2n) is 6.27. The van der Waals surface area contributed by atoms with Crippen LogP contribution in [0.3, 0.4) is 0 Å². The van der Waals surface area contributed by atoms with Crippen molar-refractivity contribution in [1.29, 1.82) is 0 Å². The Kier molecular flexibility index (Phi) is 6.70. The number of nitrogens with two attached hydrogens (primary N) is 1. The summed E-state index contributed by atoms with van der Waals surface area (Å²) in [5, 5.41) is 5.37. The highest BCUT2D eigenvalue weighted by Crippen LogP contribution is 2.34. The number of aromatic nitrogens is 4. The number of nitrogens with one attached hydrogen (secondary N) is 1. The third-order valence-corrected chi connectivity index (χ3v) is 5.29. The quantitative estimate of drug-likeness (QED) is 0.397. The van der Waals surface area contributed by atoms with Crippen LogP contribution in [0.4, 0.5) is 5.82 Å². The van der Waals surface area contributed by atoms with Gasteiger partial charge in [-0.1, -0.05) is 48.8 Å². The van der Waals surface area contributed by atoms with Crippen LogP contribution >= 0.6 is 46.6 Å². The summed E-state index contributed by atoms with van der Waals surface area (Å²) in [6, 6.07) is 5.80. The molecule has 0 atom stereocenters. The molecule has 0 saturated heterocycles. The molecule has 0 fully saturated rings. The first-order chi connectivity index (χ1) is 12.8. The Morgan fingerprint density at radius 1 is 1.11 bits per heavy atom. The average Bonchev–Trinajstić information content (AvgIpc) is 2.88. The molecule has 1 aromatic carbocycles. The van der Waals surface area contributed by atoms with Crippen molar-refractivity contribution in [2.45, 2.75) is 42.9 Å². The lowest BCUT2D eigenvalue weighted by atomic mass is 10.3. The van der Waals surface area contributed by atoms with Gasteiger partial charge in [0.2, 0.25) is 5.28 Å². The molecule has 0 aliphatic rings. The number of anilines is 1. The summed E-state index contributed by atoms with van der Waals surface area (Å²) in [5.74, 6) is 0.259. The van der Waals surface area contributed by atoms with E-state index in [1.807, 2.05) is 16.7 Å². The molecule has 0 spiro atoms. The molecule has 0 saturated carbocycles. The maximum absolute atomic E-state index is 6.12. The van der Waals surface area contributed by atoms with Crippen LogP contribution in [0.1, 0.15) is 20.3 Å². The highest BCUT2D eigenvalue weighted by Gasteiger charge is 2.17. The van der Waals surface area contributed by atoms with Crippen LogP contribution in [0, 0.1) is 0 Å². The summed E-state index contributed by atoms with van der Waals surface area (Å²) in [6.45, 7) is 5.81. The van der Waals surface area contributed by atoms with E-state index < -0.39 is 0 Å². The molecule has 0 unspecified atom stereocenters. The molecule has 144 valence electrons. The van der Waals surface area contributed by atoms with Crippen LogP contribution in [0.15, 0.2) is 28.3 Å². The van der Waals surface area contributed by atoms with Gasteiger partial charge in [-0.3, -0.25) is 0 Å². The molecule has 3 rings (SSSR count). The number of nitrogen functional groups attached to an aromatic ring is 1. The van der Waals surface area contributed by atoms with E-state index in [0.717, 1.165) is 23.0 Å². The second-order valence-corrected chi connectivity index (χ2v) is 8.52. The third-order valence-electron chi connectivity index (χ3n) is 3.72. The molecular weight excluding hydrogens is 427 g/mol. The molecule has 0 aliphatic heterocycles. The molecule has 2 aromatic heterocycles. The maximum Gasteiger partial charge on any atom is 0.226 e. The van der Waals surface area contributed by atoms with Crippen LogP contribution in [0.2, 0.25) is 15.3 Å². The predicted molar refractivity (Wildman–Crippen MR) is 113 cm³/mol. The summed E-state index contributed by atoms with van der Waals surface area (Å²) in [7, 11) is 0. The molecule has 3 N–H and O–H groups in total. The number of hydrogen-bond acceptors (Lipinski definition) is 6. The van der Waals surface area contributed by atoms with Gasteiger partial charge in [-0.25, -0.2) is 4.98 Å². The summed E-state index contributed by atoms with van der Waals surface area (Å²) in [4.78, 5) is 13.8. The summed E-state index contributed by atoms with van der Waals surface area (Å²) < 4.78 is 2.00. The minimum Gasteiger partial charge on any atom is -0.382 e. The van der Waals surface area contributed by atoms with Crippen LogP contribution in [-0.2, 0) is 6.54 Å². The molecule has 6 nitrogen and oxygen atoms in total. The van der Waals surface area contributed by atoms with Gasteiger partial charge in [-0.2, -0.15) is 9.97 Å². The van der Waals surface area contributed by atoms with Gasteiger partial charge in [0.05, 0.1) is 0 Å². The SMILES string of the molecule is CC(C)NCCCn1c(Sc2cc(Cl)cc(Cl)c2)nc2c(N)nc(Cl)nc21. The van der Waals surface area contributed by atoms with Gasteiger partial charge < -0.3 is 15.6 Å². The van der Waals surface area contributed by atoms with E-state index in [0.29, 0.717) is 33.8 Å². The Balaban J connectivity index is 1.96. The Hall–Kier alpha value is -1.25. The second kappa shape index (κ2) is 8.84.